The summed E-state index contributed by atoms with van der Waals surface area (Å²) < 4.78 is 26.8. The Kier molecular flexibility index (Phi) is 6.44. The van der Waals surface area contributed by atoms with Gasteiger partial charge < -0.3 is 14.6 Å². The minimum absolute atomic E-state index is 0.126. The van der Waals surface area contributed by atoms with Crippen LogP contribution in [0.15, 0.2) is 54.6 Å². The van der Waals surface area contributed by atoms with Crippen LogP contribution < -0.4 is 9.47 Å². The average molecular weight is 529 g/mol. The Morgan fingerprint density at radius 2 is 1.79 bits per heavy atom. The van der Waals surface area contributed by atoms with E-state index in [4.69, 9.17) is 9.47 Å². The Morgan fingerprint density at radius 1 is 0.974 bits per heavy atom. The molecule has 6 rings (SSSR count). The second-order valence-electron chi connectivity index (χ2n) is 12.4. The number of aryl methyl sites for hydroxylation is 1. The first-order valence-electron chi connectivity index (χ1n) is 14.2. The highest BCUT2D eigenvalue weighted by Gasteiger charge is 2.54. The number of benzene rings is 3. The zero-order valence-electron chi connectivity index (χ0n) is 23.1. The Balaban J connectivity index is 1.31. The molecule has 4 nitrogen and oxygen atoms in total. The van der Waals surface area contributed by atoms with Gasteiger partial charge in [-0.3, -0.25) is 4.79 Å². The van der Waals surface area contributed by atoms with Gasteiger partial charge in [0.1, 0.15) is 23.9 Å². The molecule has 2 saturated carbocycles. The molecule has 3 aromatic carbocycles. The molecule has 0 aromatic heterocycles. The Hall–Kier alpha value is -3.34. The van der Waals surface area contributed by atoms with Crippen molar-refractivity contribution in [3.05, 3.63) is 82.7 Å². The van der Waals surface area contributed by atoms with Gasteiger partial charge in [0.2, 0.25) is 0 Å². The van der Waals surface area contributed by atoms with E-state index in [9.17, 15) is 9.90 Å². The van der Waals surface area contributed by atoms with E-state index in [0.717, 1.165) is 72.9 Å². The largest absolute Gasteiger partial charge is 0.497 e. The van der Waals surface area contributed by atoms with Crippen molar-refractivity contribution in [1.29, 1.82) is 0 Å². The first-order chi connectivity index (χ1) is 18.7. The van der Waals surface area contributed by atoms with Crippen molar-refractivity contribution < 1.29 is 23.8 Å². The fourth-order valence-corrected chi connectivity index (χ4v) is 7.58. The molecule has 3 aliphatic rings. The number of fused-ring (bicyclic) bond motifs is 2. The fraction of sp³-hybridized carbons (Fsp3) is 0.441. The number of hydrogen-bond donors (Lipinski definition) is 1. The van der Waals surface area contributed by atoms with Gasteiger partial charge in [0.25, 0.3) is 0 Å². The van der Waals surface area contributed by atoms with E-state index in [1.807, 2.05) is 18.2 Å². The minimum atomic E-state index is -0.685. The molecule has 0 heterocycles. The van der Waals surface area contributed by atoms with Crippen LogP contribution in [0.4, 0.5) is 4.39 Å². The molecular formula is C34H37FO4. The van der Waals surface area contributed by atoms with Crippen molar-refractivity contribution >= 4 is 5.97 Å². The van der Waals surface area contributed by atoms with Gasteiger partial charge in [-0.05, 0) is 108 Å². The fourth-order valence-electron chi connectivity index (χ4n) is 7.58. The van der Waals surface area contributed by atoms with Crippen molar-refractivity contribution in [3.8, 4) is 22.6 Å². The number of carbonyl (C=O) groups is 1. The standard InChI is InChI=1S/C34H37FO4/c1-33(2)14-4-5-28(33)26-17-21(6-10-25(26)27-18-23(38-3)9-11-31(27)35)20-39-24-8-7-22-12-15-34(30(22)19-24)16-13-29(34)32(36)37/h6-11,17-19,28-29H,4-5,12-16,20H2,1-3H3,(H,36,37). The van der Waals surface area contributed by atoms with Crippen LogP contribution in [0, 0.1) is 17.2 Å². The maximum absolute atomic E-state index is 15.1. The topological polar surface area (TPSA) is 55.8 Å². The second-order valence-corrected chi connectivity index (χ2v) is 12.4. The summed E-state index contributed by atoms with van der Waals surface area (Å²) in [6.45, 7) is 5.02. The first kappa shape index (κ1) is 25.9. The predicted octanol–water partition coefficient (Wildman–Crippen LogP) is 8.05. The van der Waals surface area contributed by atoms with Crippen LogP contribution in [0.5, 0.6) is 11.5 Å². The Morgan fingerprint density at radius 3 is 2.49 bits per heavy atom. The molecule has 0 bridgehead atoms. The molecule has 2 fully saturated rings. The third-order valence-corrected chi connectivity index (χ3v) is 9.92. The summed E-state index contributed by atoms with van der Waals surface area (Å²) >= 11 is 0. The number of methoxy groups -OCH3 is 1. The number of hydrogen-bond acceptors (Lipinski definition) is 3. The number of rotatable bonds is 7. The molecule has 204 valence electrons. The zero-order chi connectivity index (χ0) is 27.4. The molecular weight excluding hydrogens is 491 g/mol. The number of carboxylic acid groups (broad SMARTS) is 1. The summed E-state index contributed by atoms with van der Waals surface area (Å²) in [6.07, 6.45) is 6.91. The molecule has 1 spiro atoms. The van der Waals surface area contributed by atoms with E-state index in [0.29, 0.717) is 23.8 Å². The number of carboxylic acids is 1. The second kappa shape index (κ2) is 9.69. The highest BCUT2D eigenvalue weighted by Crippen LogP contribution is 2.57. The third kappa shape index (κ3) is 4.40. The third-order valence-electron chi connectivity index (χ3n) is 9.92. The van der Waals surface area contributed by atoms with Gasteiger partial charge in [-0.25, -0.2) is 4.39 Å². The van der Waals surface area contributed by atoms with Crippen LogP contribution in [0.3, 0.4) is 0 Å². The number of ether oxygens (including phenoxy) is 2. The maximum Gasteiger partial charge on any atom is 0.307 e. The van der Waals surface area contributed by atoms with Crippen LogP contribution in [-0.4, -0.2) is 18.2 Å². The lowest BCUT2D eigenvalue weighted by Gasteiger charge is -2.45. The summed E-state index contributed by atoms with van der Waals surface area (Å²) in [7, 11) is 1.60. The monoisotopic (exact) mass is 528 g/mol. The maximum atomic E-state index is 15.1. The van der Waals surface area contributed by atoms with E-state index in [2.05, 4.69) is 32.0 Å². The van der Waals surface area contributed by atoms with E-state index in [1.165, 1.54) is 11.6 Å². The first-order valence-corrected chi connectivity index (χ1v) is 14.2. The van der Waals surface area contributed by atoms with Crippen LogP contribution in [0.1, 0.15) is 80.5 Å². The molecule has 0 amide bonds. The van der Waals surface area contributed by atoms with Crippen LogP contribution in [0.2, 0.25) is 0 Å². The van der Waals surface area contributed by atoms with Gasteiger partial charge in [-0.2, -0.15) is 0 Å². The zero-order valence-corrected chi connectivity index (χ0v) is 23.1. The number of aliphatic carboxylic acids is 1. The van der Waals surface area contributed by atoms with Crippen LogP contribution in [-0.2, 0) is 23.2 Å². The lowest BCUT2D eigenvalue weighted by molar-refractivity contribution is -0.149. The van der Waals surface area contributed by atoms with Crippen molar-refractivity contribution in [3.63, 3.8) is 0 Å². The molecule has 5 heteroatoms. The summed E-state index contributed by atoms with van der Waals surface area (Å²) in [6, 6.07) is 17.4. The molecule has 0 saturated heterocycles. The molecule has 0 aliphatic heterocycles. The number of halogens is 1. The highest BCUT2D eigenvalue weighted by atomic mass is 19.1. The van der Waals surface area contributed by atoms with Gasteiger partial charge in [-0.15, -0.1) is 0 Å². The minimum Gasteiger partial charge on any atom is -0.497 e. The summed E-state index contributed by atoms with van der Waals surface area (Å²) in [5.74, 6) is 0.508. The summed E-state index contributed by atoms with van der Waals surface area (Å²) in [4.78, 5) is 11.9. The van der Waals surface area contributed by atoms with Gasteiger partial charge >= 0.3 is 5.97 Å². The van der Waals surface area contributed by atoms with E-state index >= 15 is 4.39 Å². The average Bonchev–Trinajstić information content (AvgIpc) is 3.47. The van der Waals surface area contributed by atoms with Gasteiger partial charge in [0.15, 0.2) is 0 Å². The van der Waals surface area contributed by atoms with Crippen LogP contribution >= 0.6 is 0 Å². The smallest absolute Gasteiger partial charge is 0.307 e. The van der Waals surface area contributed by atoms with E-state index in [1.54, 1.807) is 19.2 Å². The van der Waals surface area contributed by atoms with E-state index < -0.39 is 5.97 Å². The highest BCUT2D eigenvalue weighted by molar-refractivity contribution is 5.75. The van der Waals surface area contributed by atoms with E-state index in [-0.39, 0.29) is 22.6 Å². The quantitative estimate of drug-likeness (QED) is 0.337. The van der Waals surface area contributed by atoms with Crippen molar-refractivity contribution in [2.75, 3.05) is 7.11 Å². The van der Waals surface area contributed by atoms with Crippen molar-refractivity contribution in [2.45, 2.75) is 76.7 Å². The van der Waals surface area contributed by atoms with Crippen LogP contribution in [0.25, 0.3) is 11.1 Å². The molecule has 3 aromatic rings. The lowest BCUT2D eigenvalue weighted by Crippen LogP contribution is -2.46. The molecule has 1 N–H and O–H groups in total. The van der Waals surface area contributed by atoms with Gasteiger partial charge in [0, 0.05) is 11.0 Å². The SMILES string of the molecule is COc1ccc(F)c(-c2ccc(COc3ccc4c(c3)C3(CC4)CCC3C(=O)O)cc2C2CCCC2(C)C)c1. The van der Waals surface area contributed by atoms with Crippen molar-refractivity contribution in [2.24, 2.45) is 11.3 Å². The molecule has 39 heavy (non-hydrogen) atoms. The van der Waals surface area contributed by atoms with Gasteiger partial charge in [0.05, 0.1) is 13.0 Å². The molecule has 3 atom stereocenters. The lowest BCUT2D eigenvalue weighted by atomic mass is 9.57. The van der Waals surface area contributed by atoms with Gasteiger partial charge in [-0.1, -0.05) is 44.5 Å². The normalized spacial score (nSPS) is 24.8. The summed E-state index contributed by atoms with van der Waals surface area (Å²) in [5, 5.41) is 9.75. The Bertz CT molecular complexity index is 1430. The van der Waals surface area contributed by atoms with Crippen molar-refractivity contribution in [1.82, 2.24) is 0 Å². The Labute approximate surface area is 230 Å². The molecule has 3 aliphatic carbocycles. The summed E-state index contributed by atoms with van der Waals surface area (Å²) in [5.41, 5.74) is 6.00. The molecule has 3 unspecified atom stereocenters. The predicted molar refractivity (Wildman–Crippen MR) is 150 cm³/mol. The molecule has 0 radical (unpaired) electrons.